The predicted molar refractivity (Wildman–Crippen MR) is 78.6 cm³/mol. The zero-order valence-corrected chi connectivity index (χ0v) is 11.6. The summed E-state index contributed by atoms with van der Waals surface area (Å²) in [5.41, 5.74) is 1.35. The van der Waals surface area contributed by atoms with E-state index >= 15 is 0 Å². The Morgan fingerprint density at radius 2 is 1.84 bits per heavy atom. The number of aromatic nitrogens is 2. The van der Waals surface area contributed by atoms with Gasteiger partial charge in [-0.1, -0.05) is 18.2 Å². The van der Waals surface area contributed by atoms with Crippen molar-refractivity contribution in [3.8, 4) is 5.88 Å². The average molecular weight is 257 g/mol. The van der Waals surface area contributed by atoms with Crippen LogP contribution in [-0.4, -0.2) is 22.1 Å². The van der Waals surface area contributed by atoms with Crippen LogP contribution in [0.4, 0.5) is 5.82 Å². The molecule has 2 rings (SSSR count). The molecule has 1 N–H and O–H groups in total. The molecule has 0 spiro atoms. The quantitative estimate of drug-likeness (QED) is 0.853. The van der Waals surface area contributed by atoms with Crippen molar-refractivity contribution in [1.29, 1.82) is 0 Å². The Kier molecular flexibility index (Phi) is 3.69. The van der Waals surface area contributed by atoms with Crippen molar-refractivity contribution < 1.29 is 4.74 Å². The topological polar surface area (TPSA) is 47.0 Å². The highest BCUT2D eigenvalue weighted by atomic mass is 16.5. The molecule has 0 saturated heterocycles. The van der Waals surface area contributed by atoms with Crippen molar-refractivity contribution in [3.05, 3.63) is 36.9 Å². The Hall–Kier alpha value is -2.10. The summed E-state index contributed by atoms with van der Waals surface area (Å²) < 4.78 is 5.87. The van der Waals surface area contributed by atoms with Gasteiger partial charge >= 0.3 is 0 Å². The van der Waals surface area contributed by atoms with Crippen LogP contribution in [0, 0.1) is 0 Å². The monoisotopic (exact) mass is 257 g/mol. The number of nitrogens with one attached hydrogen (secondary N) is 1. The van der Waals surface area contributed by atoms with Crippen LogP contribution in [-0.2, 0) is 0 Å². The zero-order chi connectivity index (χ0) is 13.9. The Morgan fingerprint density at radius 1 is 1.21 bits per heavy atom. The maximum absolute atomic E-state index is 5.87. The molecular formula is C15H19N3O. The van der Waals surface area contributed by atoms with Crippen LogP contribution in [0.3, 0.4) is 0 Å². The molecule has 100 valence electrons. The Labute approximate surface area is 113 Å². The summed E-state index contributed by atoms with van der Waals surface area (Å²) >= 11 is 0. The number of rotatable bonds is 4. The molecule has 0 radical (unpaired) electrons. The van der Waals surface area contributed by atoms with E-state index in [1.54, 1.807) is 6.08 Å². The molecule has 0 aliphatic rings. The summed E-state index contributed by atoms with van der Waals surface area (Å²) in [6.07, 6.45) is 1.78. The lowest BCUT2D eigenvalue weighted by Gasteiger charge is -2.22. The lowest BCUT2D eigenvalue weighted by atomic mass is 10.2. The summed E-state index contributed by atoms with van der Waals surface area (Å²) in [5, 5.41) is 3.16. The normalized spacial score (nSPS) is 11.3. The number of benzene rings is 1. The Bertz CT molecular complexity index is 587. The highest BCUT2D eigenvalue weighted by Crippen LogP contribution is 2.26. The number of hydrogen-bond donors (Lipinski definition) is 1. The van der Waals surface area contributed by atoms with Gasteiger partial charge in [-0.25, -0.2) is 9.97 Å². The van der Waals surface area contributed by atoms with Gasteiger partial charge in [0, 0.05) is 6.54 Å². The second-order valence-corrected chi connectivity index (χ2v) is 5.25. The first-order valence-corrected chi connectivity index (χ1v) is 6.30. The first-order valence-electron chi connectivity index (χ1n) is 6.30. The van der Waals surface area contributed by atoms with E-state index in [9.17, 15) is 0 Å². The van der Waals surface area contributed by atoms with Crippen LogP contribution in [0.25, 0.3) is 11.0 Å². The minimum atomic E-state index is -0.318. The number of nitrogens with zero attached hydrogens (tertiary/aromatic N) is 2. The van der Waals surface area contributed by atoms with Gasteiger partial charge < -0.3 is 10.1 Å². The first-order chi connectivity index (χ1) is 8.99. The van der Waals surface area contributed by atoms with E-state index in [0.717, 1.165) is 11.0 Å². The van der Waals surface area contributed by atoms with E-state index in [1.165, 1.54) is 0 Å². The molecular weight excluding hydrogens is 238 g/mol. The number of anilines is 1. The summed E-state index contributed by atoms with van der Waals surface area (Å²) in [6, 6.07) is 7.74. The molecule has 0 saturated carbocycles. The van der Waals surface area contributed by atoms with Crippen molar-refractivity contribution >= 4 is 16.9 Å². The second kappa shape index (κ2) is 5.26. The van der Waals surface area contributed by atoms with Gasteiger partial charge in [-0.2, -0.15) is 0 Å². The van der Waals surface area contributed by atoms with Crippen LogP contribution in [0.5, 0.6) is 5.88 Å². The maximum Gasteiger partial charge on any atom is 0.258 e. The zero-order valence-electron chi connectivity index (χ0n) is 11.6. The molecule has 0 atom stereocenters. The van der Waals surface area contributed by atoms with Crippen molar-refractivity contribution in [2.75, 3.05) is 11.9 Å². The van der Waals surface area contributed by atoms with E-state index < -0.39 is 0 Å². The molecule has 4 heteroatoms. The fourth-order valence-corrected chi connectivity index (χ4v) is 1.63. The number of ether oxygens (including phenoxy) is 1. The van der Waals surface area contributed by atoms with E-state index in [-0.39, 0.29) is 5.60 Å². The number of fused-ring (bicyclic) bond motifs is 1. The minimum absolute atomic E-state index is 0.318. The van der Waals surface area contributed by atoms with E-state index in [1.807, 2.05) is 45.0 Å². The smallest absolute Gasteiger partial charge is 0.258 e. The molecule has 0 unspecified atom stereocenters. The number of para-hydroxylation sites is 2. The fraction of sp³-hybridized carbons (Fsp3) is 0.333. The molecule has 0 aliphatic heterocycles. The summed E-state index contributed by atoms with van der Waals surface area (Å²) in [6.45, 7) is 10.3. The third-order valence-corrected chi connectivity index (χ3v) is 2.36. The van der Waals surface area contributed by atoms with Gasteiger partial charge in [-0.05, 0) is 32.9 Å². The van der Waals surface area contributed by atoms with Crippen molar-refractivity contribution in [3.63, 3.8) is 0 Å². The van der Waals surface area contributed by atoms with Crippen LogP contribution in [0.1, 0.15) is 20.8 Å². The van der Waals surface area contributed by atoms with Gasteiger partial charge in [-0.3, -0.25) is 0 Å². The van der Waals surface area contributed by atoms with Crippen LogP contribution >= 0.6 is 0 Å². The molecule has 0 amide bonds. The molecule has 0 fully saturated rings. The minimum Gasteiger partial charge on any atom is -0.469 e. The van der Waals surface area contributed by atoms with Gasteiger partial charge in [0.1, 0.15) is 5.60 Å². The fourth-order valence-electron chi connectivity index (χ4n) is 1.63. The van der Waals surface area contributed by atoms with Gasteiger partial charge in [0.25, 0.3) is 5.88 Å². The van der Waals surface area contributed by atoms with Gasteiger partial charge in [0.2, 0.25) is 0 Å². The van der Waals surface area contributed by atoms with Gasteiger partial charge in [-0.15, -0.1) is 6.58 Å². The van der Waals surface area contributed by atoms with Crippen molar-refractivity contribution in [1.82, 2.24) is 9.97 Å². The standard InChI is InChI=1S/C15H19N3O/c1-5-10-16-13-14(19-15(2,3)4)18-12-9-7-6-8-11(12)17-13/h5-9H,1,10H2,2-4H3,(H,16,17). The first kappa shape index (κ1) is 13.3. The van der Waals surface area contributed by atoms with Crippen molar-refractivity contribution in [2.24, 2.45) is 0 Å². The van der Waals surface area contributed by atoms with Crippen molar-refractivity contribution in [2.45, 2.75) is 26.4 Å². The molecule has 0 bridgehead atoms. The van der Waals surface area contributed by atoms with E-state index in [2.05, 4.69) is 21.9 Å². The van der Waals surface area contributed by atoms with Crippen LogP contribution < -0.4 is 10.1 Å². The molecule has 1 heterocycles. The van der Waals surface area contributed by atoms with Crippen LogP contribution in [0.2, 0.25) is 0 Å². The second-order valence-electron chi connectivity index (χ2n) is 5.25. The van der Waals surface area contributed by atoms with Gasteiger partial charge in [0.05, 0.1) is 11.0 Å². The van der Waals surface area contributed by atoms with Gasteiger partial charge in [0.15, 0.2) is 5.82 Å². The van der Waals surface area contributed by atoms with E-state index in [0.29, 0.717) is 18.2 Å². The van der Waals surface area contributed by atoms with Crippen LogP contribution in [0.15, 0.2) is 36.9 Å². The van der Waals surface area contributed by atoms with E-state index in [4.69, 9.17) is 4.74 Å². The maximum atomic E-state index is 5.87. The number of hydrogen-bond acceptors (Lipinski definition) is 4. The lowest BCUT2D eigenvalue weighted by Crippen LogP contribution is -2.24. The third-order valence-electron chi connectivity index (χ3n) is 2.36. The Morgan fingerprint density at radius 3 is 2.42 bits per heavy atom. The Balaban J connectivity index is 2.47. The largest absolute Gasteiger partial charge is 0.469 e. The summed E-state index contributed by atoms with van der Waals surface area (Å²) in [7, 11) is 0. The third kappa shape index (κ3) is 3.44. The lowest BCUT2D eigenvalue weighted by molar-refractivity contribution is 0.125. The summed E-state index contributed by atoms with van der Waals surface area (Å²) in [5.74, 6) is 1.17. The SMILES string of the molecule is C=CCNc1nc2ccccc2nc1OC(C)(C)C. The molecule has 2 aromatic rings. The molecule has 1 aromatic carbocycles. The molecule has 4 nitrogen and oxygen atoms in total. The highest BCUT2D eigenvalue weighted by Gasteiger charge is 2.17. The summed E-state index contributed by atoms with van der Waals surface area (Å²) in [4.78, 5) is 9.08. The average Bonchev–Trinajstić information content (AvgIpc) is 2.34. The molecule has 19 heavy (non-hydrogen) atoms. The molecule has 1 aromatic heterocycles. The molecule has 0 aliphatic carbocycles. The predicted octanol–water partition coefficient (Wildman–Crippen LogP) is 3.41. The highest BCUT2D eigenvalue weighted by molar-refractivity contribution is 5.77.